The van der Waals surface area contributed by atoms with Crippen LogP contribution in [0.1, 0.15) is 29.8 Å². The summed E-state index contributed by atoms with van der Waals surface area (Å²) in [5.41, 5.74) is 1.62. The van der Waals surface area contributed by atoms with Crippen LogP contribution in [0.25, 0.3) is 0 Å². The number of rotatable bonds is 3. The smallest absolute Gasteiger partial charge is 0.255 e. The fourth-order valence-corrected chi connectivity index (χ4v) is 1.73. The zero-order chi connectivity index (χ0) is 11.4. The molecule has 0 unspecified atom stereocenters. The standard InChI is InChI=1S/C11H15BrN2O/c1-4-14(5-2)11(15)9-6-13-7-10(12)8(9)3/h6-7H,4-5H2,1-3H3. The Morgan fingerprint density at radius 1 is 1.40 bits per heavy atom. The molecule has 0 aromatic carbocycles. The van der Waals surface area contributed by atoms with Crippen molar-refractivity contribution in [3.05, 3.63) is 28.0 Å². The van der Waals surface area contributed by atoms with E-state index in [4.69, 9.17) is 0 Å². The maximum Gasteiger partial charge on any atom is 0.255 e. The number of hydrogen-bond acceptors (Lipinski definition) is 2. The molecule has 0 aliphatic carbocycles. The van der Waals surface area contributed by atoms with Gasteiger partial charge in [0, 0.05) is 30.0 Å². The van der Waals surface area contributed by atoms with E-state index >= 15 is 0 Å². The summed E-state index contributed by atoms with van der Waals surface area (Å²) in [7, 11) is 0. The van der Waals surface area contributed by atoms with Crippen molar-refractivity contribution in [1.29, 1.82) is 0 Å². The van der Waals surface area contributed by atoms with Crippen LogP contribution in [0.5, 0.6) is 0 Å². The van der Waals surface area contributed by atoms with Gasteiger partial charge in [-0.2, -0.15) is 0 Å². The zero-order valence-corrected chi connectivity index (χ0v) is 10.8. The van der Waals surface area contributed by atoms with Gasteiger partial charge in [-0.1, -0.05) is 0 Å². The average Bonchev–Trinajstić information content (AvgIpc) is 2.23. The van der Waals surface area contributed by atoms with E-state index in [1.165, 1.54) is 0 Å². The fraction of sp³-hybridized carbons (Fsp3) is 0.455. The predicted molar refractivity (Wildman–Crippen MR) is 63.9 cm³/mol. The summed E-state index contributed by atoms with van der Waals surface area (Å²) >= 11 is 3.37. The van der Waals surface area contributed by atoms with Gasteiger partial charge >= 0.3 is 0 Å². The molecule has 1 heterocycles. The number of halogens is 1. The first-order chi connectivity index (χ1) is 7.11. The number of aromatic nitrogens is 1. The summed E-state index contributed by atoms with van der Waals surface area (Å²) in [6, 6.07) is 0. The maximum absolute atomic E-state index is 12.0. The number of nitrogens with zero attached hydrogens (tertiary/aromatic N) is 2. The highest BCUT2D eigenvalue weighted by atomic mass is 79.9. The van der Waals surface area contributed by atoms with Crippen LogP contribution in [0.4, 0.5) is 0 Å². The van der Waals surface area contributed by atoms with Crippen molar-refractivity contribution in [3.63, 3.8) is 0 Å². The molecular weight excluding hydrogens is 256 g/mol. The second-order valence-electron chi connectivity index (χ2n) is 3.27. The summed E-state index contributed by atoms with van der Waals surface area (Å²) in [6.07, 6.45) is 3.33. The first-order valence-electron chi connectivity index (χ1n) is 5.01. The van der Waals surface area contributed by atoms with E-state index in [0.717, 1.165) is 23.1 Å². The lowest BCUT2D eigenvalue weighted by Crippen LogP contribution is -2.31. The molecular formula is C11H15BrN2O. The van der Waals surface area contributed by atoms with Gasteiger partial charge in [0.25, 0.3) is 5.91 Å². The Morgan fingerprint density at radius 3 is 2.53 bits per heavy atom. The molecule has 1 aromatic heterocycles. The van der Waals surface area contributed by atoms with Gasteiger partial charge < -0.3 is 4.90 Å². The molecule has 0 atom stereocenters. The highest BCUT2D eigenvalue weighted by Crippen LogP contribution is 2.19. The van der Waals surface area contributed by atoms with E-state index in [-0.39, 0.29) is 5.91 Å². The van der Waals surface area contributed by atoms with Gasteiger partial charge in [0.2, 0.25) is 0 Å². The SMILES string of the molecule is CCN(CC)C(=O)c1cncc(Br)c1C. The van der Waals surface area contributed by atoms with Crippen molar-refractivity contribution in [2.45, 2.75) is 20.8 Å². The number of pyridine rings is 1. The Bertz CT molecular complexity index is 362. The van der Waals surface area contributed by atoms with E-state index in [9.17, 15) is 4.79 Å². The molecule has 82 valence electrons. The third kappa shape index (κ3) is 2.56. The lowest BCUT2D eigenvalue weighted by Gasteiger charge is -2.19. The summed E-state index contributed by atoms with van der Waals surface area (Å²) in [6.45, 7) is 7.31. The van der Waals surface area contributed by atoms with Crippen LogP contribution in [-0.4, -0.2) is 28.9 Å². The van der Waals surface area contributed by atoms with Crippen LogP contribution in [0.2, 0.25) is 0 Å². The topological polar surface area (TPSA) is 33.2 Å². The molecule has 4 heteroatoms. The van der Waals surface area contributed by atoms with Crippen LogP contribution in [0.3, 0.4) is 0 Å². The molecule has 1 rings (SSSR count). The van der Waals surface area contributed by atoms with Crippen molar-refractivity contribution in [2.75, 3.05) is 13.1 Å². The lowest BCUT2D eigenvalue weighted by atomic mass is 10.1. The van der Waals surface area contributed by atoms with E-state index in [2.05, 4.69) is 20.9 Å². The number of carbonyl (C=O) groups excluding carboxylic acids is 1. The molecule has 0 N–H and O–H groups in total. The summed E-state index contributed by atoms with van der Waals surface area (Å²) in [5, 5.41) is 0. The van der Waals surface area contributed by atoms with Gasteiger partial charge in [-0.05, 0) is 42.3 Å². The second kappa shape index (κ2) is 5.26. The fourth-order valence-electron chi connectivity index (χ4n) is 1.40. The number of hydrogen-bond donors (Lipinski definition) is 0. The molecule has 0 saturated carbocycles. The van der Waals surface area contributed by atoms with Gasteiger partial charge in [0.1, 0.15) is 0 Å². The first-order valence-corrected chi connectivity index (χ1v) is 5.80. The summed E-state index contributed by atoms with van der Waals surface area (Å²) in [5.74, 6) is 0.0475. The molecule has 0 radical (unpaired) electrons. The third-order valence-electron chi connectivity index (χ3n) is 2.43. The molecule has 15 heavy (non-hydrogen) atoms. The second-order valence-corrected chi connectivity index (χ2v) is 4.13. The quantitative estimate of drug-likeness (QED) is 0.846. The number of carbonyl (C=O) groups is 1. The molecule has 0 spiro atoms. The zero-order valence-electron chi connectivity index (χ0n) is 9.25. The average molecular weight is 271 g/mol. The minimum atomic E-state index is 0.0475. The largest absolute Gasteiger partial charge is 0.339 e. The highest BCUT2D eigenvalue weighted by Gasteiger charge is 2.16. The Morgan fingerprint density at radius 2 is 2.00 bits per heavy atom. The van der Waals surface area contributed by atoms with Crippen LogP contribution in [0, 0.1) is 6.92 Å². The van der Waals surface area contributed by atoms with Crippen LogP contribution in [0.15, 0.2) is 16.9 Å². The first kappa shape index (κ1) is 12.2. The van der Waals surface area contributed by atoms with Gasteiger partial charge in [-0.15, -0.1) is 0 Å². The van der Waals surface area contributed by atoms with Crippen LogP contribution >= 0.6 is 15.9 Å². The molecule has 0 bridgehead atoms. The van der Waals surface area contributed by atoms with Gasteiger partial charge in [-0.3, -0.25) is 9.78 Å². The van der Waals surface area contributed by atoms with E-state index < -0.39 is 0 Å². The van der Waals surface area contributed by atoms with Gasteiger partial charge in [0.05, 0.1) is 5.56 Å². The Balaban J connectivity index is 3.05. The molecule has 1 amide bonds. The molecule has 1 aromatic rings. The van der Waals surface area contributed by atoms with Gasteiger partial charge in [-0.25, -0.2) is 0 Å². The summed E-state index contributed by atoms with van der Waals surface area (Å²) in [4.78, 5) is 17.9. The molecule has 0 aliphatic rings. The highest BCUT2D eigenvalue weighted by molar-refractivity contribution is 9.10. The van der Waals surface area contributed by atoms with E-state index in [1.54, 1.807) is 17.3 Å². The normalized spacial score (nSPS) is 10.1. The molecule has 0 saturated heterocycles. The van der Waals surface area contributed by atoms with Crippen LogP contribution < -0.4 is 0 Å². The summed E-state index contributed by atoms with van der Waals surface area (Å²) < 4.78 is 0.875. The van der Waals surface area contributed by atoms with Crippen molar-refractivity contribution in [3.8, 4) is 0 Å². The third-order valence-corrected chi connectivity index (χ3v) is 3.23. The molecule has 0 aliphatic heterocycles. The Hall–Kier alpha value is -0.900. The predicted octanol–water partition coefficient (Wildman–Crippen LogP) is 2.63. The Labute approximate surface area is 98.6 Å². The minimum Gasteiger partial charge on any atom is -0.339 e. The monoisotopic (exact) mass is 270 g/mol. The van der Waals surface area contributed by atoms with Crippen molar-refractivity contribution in [1.82, 2.24) is 9.88 Å². The van der Waals surface area contributed by atoms with Gasteiger partial charge in [0.15, 0.2) is 0 Å². The van der Waals surface area contributed by atoms with E-state index in [1.807, 2.05) is 20.8 Å². The lowest BCUT2D eigenvalue weighted by molar-refractivity contribution is 0.0771. The Kier molecular flexibility index (Phi) is 4.27. The minimum absolute atomic E-state index is 0.0475. The maximum atomic E-state index is 12.0. The van der Waals surface area contributed by atoms with Crippen LogP contribution in [-0.2, 0) is 0 Å². The molecule has 3 nitrogen and oxygen atoms in total. The van der Waals surface area contributed by atoms with Crippen molar-refractivity contribution >= 4 is 21.8 Å². The number of amides is 1. The van der Waals surface area contributed by atoms with Crippen molar-refractivity contribution in [2.24, 2.45) is 0 Å². The van der Waals surface area contributed by atoms with E-state index in [0.29, 0.717) is 5.56 Å². The molecule has 0 fully saturated rings. The van der Waals surface area contributed by atoms with Crippen molar-refractivity contribution < 1.29 is 4.79 Å².